The number of carbonyl (C=O) groups excluding carboxylic acids is 1. The van der Waals surface area contributed by atoms with Crippen molar-refractivity contribution in [3.63, 3.8) is 0 Å². The summed E-state index contributed by atoms with van der Waals surface area (Å²) in [7, 11) is 1.44. The van der Waals surface area contributed by atoms with E-state index in [1.54, 1.807) is 24.0 Å². The van der Waals surface area contributed by atoms with E-state index in [0.717, 1.165) is 0 Å². The molecule has 1 amide bonds. The number of rotatable bonds is 8. The van der Waals surface area contributed by atoms with Gasteiger partial charge in [-0.15, -0.1) is 0 Å². The smallest absolute Gasteiger partial charge is 0.416 e. The Labute approximate surface area is 289 Å². The zero-order valence-electron chi connectivity index (χ0n) is 27.9. The topological polar surface area (TPSA) is 155 Å². The number of alkyl halides is 6. The number of fused-ring (bicyclic) bond motifs is 1. The van der Waals surface area contributed by atoms with E-state index in [-0.39, 0.29) is 47.8 Å². The summed E-state index contributed by atoms with van der Waals surface area (Å²) in [6.07, 6.45) is -8.68. The predicted octanol–water partition coefficient (Wildman–Crippen LogP) is 5.63. The number of halogens is 6. The van der Waals surface area contributed by atoms with Crippen LogP contribution in [-0.2, 0) is 23.5 Å². The summed E-state index contributed by atoms with van der Waals surface area (Å²) in [6, 6.07) is 3.80. The first-order valence-electron chi connectivity index (χ1n) is 16.1. The Morgan fingerprint density at radius 1 is 1.02 bits per heavy atom. The third-order valence-corrected chi connectivity index (χ3v) is 8.70. The highest BCUT2D eigenvalue weighted by Crippen LogP contribution is 2.41. The highest BCUT2D eigenvalue weighted by atomic mass is 19.4. The fraction of sp³-hybridized carbons (Fsp3) is 0.469. The Hall–Kier alpha value is -5.23. The number of nitrogens with one attached hydrogen (secondary N) is 1. The van der Waals surface area contributed by atoms with Crippen LogP contribution >= 0.6 is 0 Å². The van der Waals surface area contributed by atoms with E-state index in [1.165, 1.54) is 18.2 Å². The second-order valence-corrected chi connectivity index (χ2v) is 11.9. The number of nitrogens with zero attached hydrogens (tertiary/aromatic N) is 7. The van der Waals surface area contributed by atoms with Crippen LogP contribution in [0.3, 0.4) is 0 Å². The van der Waals surface area contributed by atoms with Gasteiger partial charge in [0, 0.05) is 44.7 Å². The number of benzene rings is 1. The monoisotopic (exact) mass is 725 g/mol. The predicted molar refractivity (Wildman–Crippen MR) is 174 cm³/mol. The van der Waals surface area contributed by atoms with Gasteiger partial charge in [0.05, 0.1) is 59.8 Å². The number of aromatic nitrogens is 3. The molecule has 0 radical (unpaired) electrons. The number of hydrogen-bond donors (Lipinski definition) is 3. The maximum atomic E-state index is 13.8. The number of anilines is 3. The molecule has 4 N–H and O–H groups in total. The minimum Gasteiger partial charge on any atom is -0.481 e. The quantitative estimate of drug-likeness (QED) is 0.0870. The van der Waals surface area contributed by atoms with Gasteiger partial charge in [0.25, 0.3) is 0 Å². The third-order valence-electron chi connectivity index (χ3n) is 8.70. The lowest BCUT2D eigenvalue weighted by molar-refractivity contribution is -0.143. The number of methoxy groups -OCH3 is 1. The van der Waals surface area contributed by atoms with E-state index in [4.69, 9.17) is 20.4 Å². The van der Waals surface area contributed by atoms with Crippen molar-refractivity contribution in [2.75, 3.05) is 55.0 Å². The Balaban J connectivity index is 1.56. The molecule has 2 atom stereocenters. The fourth-order valence-corrected chi connectivity index (χ4v) is 6.21. The molecule has 0 spiro atoms. The molecule has 2 aromatic heterocycles. The van der Waals surface area contributed by atoms with Crippen LogP contribution < -0.4 is 25.6 Å². The second-order valence-electron chi connectivity index (χ2n) is 11.9. The number of carbonyl (C=O) groups is 1. The standard InChI is InChI=1S/C32H37F6N9O4/c1-4-21-16-23(27-24(6-7-26(43-27)50-3)47(21)30(48)51-5-2)42-29-40-17-25(45-8-10-46(11-9-45)28(39)44-49)22(41-29)14-18-12-19(31(33,34)35)15-20(13-18)32(36,37)38/h6-7,12-13,15,17,21,23,49H,4-5,8-11,14,16H2,1-3H3,(H2,39,44)(H,40,41,42)/t21-,23+/m1/s1. The largest absolute Gasteiger partial charge is 0.481 e. The van der Waals surface area contributed by atoms with Crippen LogP contribution in [0.5, 0.6) is 5.88 Å². The highest BCUT2D eigenvalue weighted by molar-refractivity contribution is 5.90. The van der Waals surface area contributed by atoms with Gasteiger partial charge in [-0.3, -0.25) is 4.90 Å². The fourth-order valence-electron chi connectivity index (χ4n) is 6.21. The van der Waals surface area contributed by atoms with E-state index in [9.17, 15) is 31.1 Å². The van der Waals surface area contributed by atoms with Crippen molar-refractivity contribution in [2.24, 2.45) is 10.9 Å². The molecule has 51 heavy (non-hydrogen) atoms. The molecule has 0 bridgehead atoms. The summed E-state index contributed by atoms with van der Waals surface area (Å²) in [5.41, 5.74) is 4.02. The van der Waals surface area contributed by atoms with Crippen molar-refractivity contribution in [3.05, 3.63) is 64.6 Å². The van der Waals surface area contributed by atoms with E-state index >= 15 is 0 Å². The zero-order chi connectivity index (χ0) is 37.1. The zero-order valence-corrected chi connectivity index (χ0v) is 27.9. The van der Waals surface area contributed by atoms with Gasteiger partial charge in [0.1, 0.15) is 0 Å². The summed E-state index contributed by atoms with van der Waals surface area (Å²) in [6.45, 7) is 4.97. The molecule has 0 saturated carbocycles. The average Bonchev–Trinajstić information content (AvgIpc) is 3.10. The molecule has 1 saturated heterocycles. The second kappa shape index (κ2) is 14.9. The highest BCUT2D eigenvalue weighted by Gasteiger charge is 2.39. The summed E-state index contributed by atoms with van der Waals surface area (Å²) in [5.74, 6) is 0.207. The molecule has 0 aliphatic carbocycles. The van der Waals surface area contributed by atoms with Crippen molar-refractivity contribution in [1.29, 1.82) is 0 Å². The van der Waals surface area contributed by atoms with Crippen LogP contribution in [0.25, 0.3) is 0 Å². The van der Waals surface area contributed by atoms with Crippen LogP contribution in [0.15, 0.2) is 41.7 Å². The molecule has 2 aliphatic rings. The number of pyridine rings is 1. The molecule has 1 aromatic carbocycles. The van der Waals surface area contributed by atoms with Crippen molar-refractivity contribution in [2.45, 2.75) is 57.5 Å². The van der Waals surface area contributed by atoms with Gasteiger partial charge in [-0.2, -0.15) is 26.3 Å². The summed E-state index contributed by atoms with van der Waals surface area (Å²) < 4.78 is 93.2. The molecule has 5 rings (SSSR count). The van der Waals surface area contributed by atoms with Gasteiger partial charge in [0.15, 0.2) is 0 Å². The first-order chi connectivity index (χ1) is 24.2. The molecule has 1 fully saturated rings. The Morgan fingerprint density at radius 2 is 1.69 bits per heavy atom. The molecule has 2 aliphatic heterocycles. The van der Waals surface area contributed by atoms with Crippen molar-refractivity contribution in [3.8, 4) is 5.88 Å². The SMILES string of the molecule is CCOC(=O)N1c2ccc(OC)nc2[C@@H](Nc2ncc(N3CCN(C(N)=NO)CC3)c(Cc3cc(C(F)(F)F)cc(C(F)(F)F)c3)n2)C[C@H]1CC. The summed E-state index contributed by atoms with van der Waals surface area (Å²) >= 11 is 0. The van der Waals surface area contributed by atoms with Gasteiger partial charge in [0.2, 0.25) is 17.8 Å². The Morgan fingerprint density at radius 3 is 2.25 bits per heavy atom. The van der Waals surface area contributed by atoms with Crippen molar-refractivity contribution < 1.29 is 45.8 Å². The molecule has 276 valence electrons. The van der Waals surface area contributed by atoms with Gasteiger partial charge in [-0.05, 0) is 49.6 Å². The van der Waals surface area contributed by atoms with Gasteiger partial charge < -0.3 is 35.5 Å². The lowest BCUT2D eigenvalue weighted by Crippen LogP contribution is -2.51. The first-order valence-corrected chi connectivity index (χ1v) is 16.1. The normalized spacial score (nSPS) is 18.4. The number of hydrogen-bond acceptors (Lipinski definition) is 10. The third kappa shape index (κ3) is 8.23. The van der Waals surface area contributed by atoms with Gasteiger partial charge >= 0.3 is 18.4 Å². The molecule has 3 aromatic rings. The molecular formula is C32H37F6N9O4. The maximum Gasteiger partial charge on any atom is 0.416 e. The summed E-state index contributed by atoms with van der Waals surface area (Å²) in [5, 5.41) is 15.3. The van der Waals surface area contributed by atoms with E-state index in [1.807, 2.05) is 11.8 Å². The minimum absolute atomic E-state index is 0.0343. The van der Waals surface area contributed by atoms with Crippen LogP contribution in [0.2, 0.25) is 0 Å². The number of nitrogens with two attached hydrogens (primary N) is 1. The van der Waals surface area contributed by atoms with Crippen LogP contribution in [-0.4, -0.2) is 83.0 Å². The molecule has 4 heterocycles. The van der Waals surface area contributed by atoms with E-state index in [0.29, 0.717) is 68.2 Å². The lowest BCUT2D eigenvalue weighted by atomic mass is 9.93. The van der Waals surface area contributed by atoms with Gasteiger partial charge in [-0.25, -0.2) is 19.7 Å². The lowest BCUT2D eigenvalue weighted by Gasteiger charge is -2.39. The van der Waals surface area contributed by atoms with E-state index < -0.39 is 42.0 Å². The van der Waals surface area contributed by atoms with Gasteiger partial charge in [-0.1, -0.05) is 12.1 Å². The molecular weight excluding hydrogens is 688 g/mol. The van der Waals surface area contributed by atoms with Crippen LogP contribution in [0.1, 0.15) is 60.8 Å². The Bertz CT molecular complexity index is 1720. The Kier molecular flexibility index (Phi) is 10.8. The van der Waals surface area contributed by atoms with Crippen molar-refractivity contribution >= 4 is 29.4 Å². The average molecular weight is 726 g/mol. The number of ether oxygens (including phenoxy) is 2. The van der Waals surface area contributed by atoms with Crippen LogP contribution in [0, 0.1) is 0 Å². The number of oxime groups is 1. The molecule has 0 unspecified atom stereocenters. The van der Waals surface area contributed by atoms with E-state index in [2.05, 4.69) is 25.4 Å². The van der Waals surface area contributed by atoms with Crippen molar-refractivity contribution in [1.82, 2.24) is 19.9 Å². The maximum absolute atomic E-state index is 13.8. The molecule has 13 nitrogen and oxygen atoms in total. The molecule has 19 heteroatoms. The number of guanidine groups is 1. The minimum atomic E-state index is -5.03. The van der Waals surface area contributed by atoms with Crippen LogP contribution in [0.4, 0.5) is 48.5 Å². The number of amides is 1. The first kappa shape index (κ1) is 37.0. The summed E-state index contributed by atoms with van der Waals surface area (Å²) in [4.78, 5) is 31.7. The number of piperazine rings is 1.